The van der Waals surface area contributed by atoms with Crippen LogP contribution in [0.5, 0.6) is 0 Å². The molecule has 2 N–H and O–H groups in total. The average molecular weight is 275 g/mol. The van der Waals surface area contributed by atoms with E-state index in [9.17, 15) is 4.79 Å². The van der Waals surface area contributed by atoms with Crippen molar-refractivity contribution < 1.29 is 9.32 Å². The topological polar surface area (TPSA) is 92.9 Å². The van der Waals surface area contributed by atoms with Gasteiger partial charge in [-0.15, -0.1) is 0 Å². The highest BCUT2D eigenvalue weighted by molar-refractivity contribution is 6.06. The Morgan fingerprint density at radius 3 is 2.80 bits per heavy atom. The number of nitrogens with one attached hydrogen (secondary N) is 2. The number of aromatic nitrogens is 3. The van der Waals surface area contributed by atoms with E-state index in [-0.39, 0.29) is 11.8 Å². The fourth-order valence-corrected chi connectivity index (χ4v) is 1.62. The van der Waals surface area contributed by atoms with E-state index < -0.39 is 0 Å². The van der Waals surface area contributed by atoms with Gasteiger partial charge < -0.3 is 15.2 Å². The summed E-state index contributed by atoms with van der Waals surface area (Å²) in [7, 11) is 0. The monoisotopic (exact) mass is 275 g/mol. The second kappa shape index (κ2) is 6.14. The zero-order valence-electron chi connectivity index (χ0n) is 11.7. The average Bonchev–Trinajstić information content (AvgIpc) is 2.92. The number of rotatable bonds is 5. The van der Waals surface area contributed by atoms with E-state index in [0.717, 1.165) is 0 Å². The van der Waals surface area contributed by atoms with Gasteiger partial charge in [0, 0.05) is 12.5 Å². The standard InChI is InChI=1S/C13H17N5O2/c1-4-14-10-6-15-12(8(2)3)18-11(10)13(19)17-9-5-16-20-7-9/h5-8,14H,4H2,1-3H3,(H,17,19). The SMILES string of the molecule is CCNc1cnc(C(C)C)nc1C(=O)Nc1cnoc1. The third-order valence-electron chi connectivity index (χ3n) is 2.60. The third-order valence-corrected chi connectivity index (χ3v) is 2.60. The van der Waals surface area contributed by atoms with Crippen LogP contribution in [0.25, 0.3) is 0 Å². The summed E-state index contributed by atoms with van der Waals surface area (Å²) in [6.07, 6.45) is 4.42. The summed E-state index contributed by atoms with van der Waals surface area (Å²) in [6.45, 7) is 6.57. The highest BCUT2D eigenvalue weighted by Gasteiger charge is 2.17. The molecule has 0 bridgehead atoms. The van der Waals surface area contributed by atoms with Crippen LogP contribution >= 0.6 is 0 Å². The first-order valence-electron chi connectivity index (χ1n) is 6.43. The Bertz CT molecular complexity index is 580. The maximum atomic E-state index is 12.3. The van der Waals surface area contributed by atoms with Crippen molar-refractivity contribution in [1.29, 1.82) is 0 Å². The zero-order chi connectivity index (χ0) is 14.5. The van der Waals surface area contributed by atoms with E-state index >= 15 is 0 Å². The van der Waals surface area contributed by atoms with Crippen LogP contribution in [0.1, 0.15) is 43.0 Å². The molecule has 0 fully saturated rings. The molecule has 20 heavy (non-hydrogen) atoms. The molecule has 0 radical (unpaired) electrons. The van der Waals surface area contributed by atoms with E-state index in [1.807, 2.05) is 20.8 Å². The number of carbonyl (C=O) groups is 1. The largest absolute Gasteiger partial charge is 0.382 e. The summed E-state index contributed by atoms with van der Waals surface area (Å²) in [5.74, 6) is 0.448. The summed E-state index contributed by atoms with van der Waals surface area (Å²) in [4.78, 5) is 20.9. The van der Waals surface area contributed by atoms with Crippen LogP contribution in [0.3, 0.4) is 0 Å². The fraction of sp³-hybridized carbons (Fsp3) is 0.385. The number of anilines is 2. The molecule has 0 saturated heterocycles. The minimum atomic E-state index is -0.326. The maximum absolute atomic E-state index is 12.3. The van der Waals surface area contributed by atoms with E-state index in [1.54, 1.807) is 6.20 Å². The highest BCUT2D eigenvalue weighted by atomic mass is 16.5. The molecule has 0 aliphatic carbocycles. The normalized spacial score (nSPS) is 10.6. The van der Waals surface area contributed by atoms with Crippen LogP contribution in [0.15, 0.2) is 23.2 Å². The molecule has 0 aromatic carbocycles. The molecule has 2 heterocycles. The number of carbonyl (C=O) groups excluding carboxylic acids is 1. The molecule has 0 aliphatic heterocycles. The van der Waals surface area contributed by atoms with Gasteiger partial charge in [0.1, 0.15) is 17.8 Å². The minimum Gasteiger partial charge on any atom is -0.382 e. The van der Waals surface area contributed by atoms with E-state index in [1.165, 1.54) is 12.5 Å². The Balaban J connectivity index is 2.30. The van der Waals surface area contributed by atoms with Crippen molar-refractivity contribution in [2.45, 2.75) is 26.7 Å². The Hall–Kier alpha value is -2.44. The molecule has 0 aliphatic rings. The van der Waals surface area contributed by atoms with Gasteiger partial charge >= 0.3 is 0 Å². The molecule has 0 atom stereocenters. The smallest absolute Gasteiger partial charge is 0.276 e. The zero-order valence-corrected chi connectivity index (χ0v) is 11.7. The molecule has 106 valence electrons. The summed E-state index contributed by atoms with van der Waals surface area (Å²) >= 11 is 0. The first-order valence-corrected chi connectivity index (χ1v) is 6.43. The van der Waals surface area contributed by atoms with Crippen molar-refractivity contribution in [2.24, 2.45) is 0 Å². The van der Waals surface area contributed by atoms with Gasteiger partial charge in [-0.2, -0.15) is 0 Å². The van der Waals surface area contributed by atoms with Gasteiger partial charge in [-0.1, -0.05) is 19.0 Å². The molecule has 1 amide bonds. The number of amides is 1. The molecule has 0 saturated carbocycles. The number of hydrogen-bond donors (Lipinski definition) is 2. The van der Waals surface area contributed by atoms with Gasteiger partial charge in [-0.05, 0) is 6.92 Å². The fourth-order valence-electron chi connectivity index (χ4n) is 1.62. The van der Waals surface area contributed by atoms with Crippen molar-refractivity contribution in [1.82, 2.24) is 15.1 Å². The van der Waals surface area contributed by atoms with Crippen LogP contribution in [-0.2, 0) is 0 Å². The molecule has 2 aromatic rings. The van der Waals surface area contributed by atoms with Crippen LogP contribution in [0.2, 0.25) is 0 Å². The Morgan fingerprint density at radius 1 is 1.40 bits per heavy atom. The molecular weight excluding hydrogens is 258 g/mol. The first kappa shape index (κ1) is 14.0. The Labute approximate surface area is 116 Å². The predicted molar refractivity (Wildman–Crippen MR) is 74.7 cm³/mol. The summed E-state index contributed by atoms with van der Waals surface area (Å²) in [6, 6.07) is 0. The number of hydrogen-bond acceptors (Lipinski definition) is 6. The first-order chi connectivity index (χ1) is 9.61. The van der Waals surface area contributed by atoms with Crippen LogP contribution in [0.4, 0.5) is 11.4 Å². The van der Waals surface area contributed by atoms with Crippen molar-refractivity contribution in [3.05, 3.63) is 30.2 Å². The van der Waals surface area contributed by atoms with Crippen molar-refractivity contribution in [3.8, 4) is 0 Å². The molecule has 7 nitrogen and oxygen atoms in total. The molecule has 0 unspecified atom stereocenters. The molecule has 7 heteroatoms. The van der Waals surface area contributed by atoms with Gasteiger partial charge in [0.2, 0.25) is 0 Å². The molecular formula is C13H17N5O2. The van der Waals surface area contributed by atoms with Gasteiger partial charge in [0.15, 0.2) is 5.69 Å². The van der Waals surface area contributed by atoms with E-state index in [4.69, 9.17) is 0 Å². The van der Waals surface area contributed by atoms with Gasteiger partial charge in [0.25, 0.3) is 5.91 Å². The Morgan fingerprint density at radius 2 is 2.20 bits per heavy atom. The predicted octanol–water partition coefficient (Wildman–Crippen LogP) is 2.27. The van der Waals surface area contributed by atoms with Crippen molar-refractivity contribution >= 4 is 17.3 Å². The van der Waals surface area contributed by atoms with Crippen LogP contribution < -0.4 is 10.6 Å². The van der Waals surface area contributed by atoms with Gasteiger partial charge in [0.05, 0.1) is 18.1 Å². The lowest BCUT2D eigenvalue weighted by Gasteiger charge is -2.11. The van der Waals surface area contributed by atoms with Gasteiger partial charge in [-0.25, -0.2) is 9.97 Å². The lowest BCUT2D eigenvalue weighted by atomic mass is 10.2. The lowest BCUT2D eigenvalue weighted by Crippen LogP contribution is -2.18. The van der Waals surface area contributed by atoms with E-state index in [2.05, 4.69) is 30.3 Å². The second-order valence-electron chi connectivity index (χ2n) is 4.54. The lowest BCUT2D eigenvalue weighted by molar-refractivity contribution is 0.102. The number of nitrogens with zero attached hydrogens (tertiary/aromatic N) is 3. The van der Waals surface area contributed by atoms with Crippen LogP contribution in [0, 0.1) is 0 Å². The third kappa shape index (κ3) is 3.11. The van der Waals surface area contributed by atoms with Gasteiger partial charge in [-0.3, -0.25) is 4.79 Å². The second-order valence-corrected chi connectivity index (χ2v) is 4.54. The highest BCUT2D eigenvalue weighted by Crippen LogP contribution is 2.17. The molecule has 2 rings (SSSR count). The quantitative estimate of drug-likeness (QED) is 0.869. The van der Waals surface area contributed by atoms with Crippen LogP contribution in [-0.4, -0.2) is 27.6 Å². The Kier molecular flexibility index (Phi) is 4.29. The molecule has 2 aromatic heterocycles. The van der Waals surface area contributed by atoms with E-state index in [0.29, 0.717) is 29.4 Å². The summed E-state index contributed by atoms with van der Waals surface area (Å²) in [5.41, 5.74) is 1.40. The maximum Gasteiger partial charge on any atom is 0.276 e. The minimum absolute atomic E-state index is 0.146. The van der Waals surface area contributed by atoms with Crippen molar-refractivity contribution in [2.75, 3.05) is 17.2 Å². The summed E-state index contributed by atoms with van der Waals surface area (Å²) < 4.78 is 4.68. The molecule has 0 spiro atoms. The summed E-state index contributed by atoms with van der Waals surface area (Å²) in [5, 5.41) is 9.29. The van der Waals surface area contributed by atoms with Crippen molar-refractivity contribution in [3.63, 3.8) is 0 Å².